The lowest BCUT2D eigenvalue weighted by Crippen LogP contribution is -2.25. The van der Waals surface area contributed by atoms with E-state index in [-0.39, 0.29) is 11.6 Å². The Morgan fingerprint density at radius 1 is 1.38 bits per heavy atom. The molecule has 0 heterocycles. The number of aliphatic hydroxyl groups is 2. The number of carbonyl (C=O) groups excluding carboxylic acids is 1. The van der Waals surface area contributed by atoms with E-state index in [0.29, 0.717) is 6.07 Å². The molecule has 1 aromatic rings. The van der Waals surface area contributed by atoms with E-state index in [1.165, 1.54) is 0 Å². The molecule has 0 fully saturated rings. The molecule has 1 rings (SSSR count). The van der Waals surface area contributed by atoms with Gasteiger partial charge in [0.25, 0.3) is 0 Å². The van der Waals surface area contributed by atoms with Gasteiger partial charge in [-0.15, -0.1) is 0 Å². The van der Waals surface area contributed by atoms with Crippen molar-refractivity contribution in [3.05, 3.63) is 34.3 Å². The van der Waals surface area contributed by atoms with Crippen molar-refractivity contribution in [2.75, 3.05) is 6.61 Å². The van der Waals surface area contributed by atoms with Crippen LogP contribution in [0.5, 0.6) is 0 Å². The highest BCUT2D eigenvalue weighted by Gasteiger charge is 2.37. The topological polar surface area (TPSA) is 66.8 Å². The second kappa shape index (κ2) is 7.11. The highest BCUT2D eigenvalue weighted by atomic mass is 35.5. The van der Waals surface area contributed by atoms with Gasteiger partial charge in [-0.1, -0.05) is 17.7 Å². The van der Waals surface area contributed by atoms with Crippen molar-refractivity contribution < 1.29 is 32.9 Å². The minimum Gasteiger partial charge on any atom is -0.466 e. The van der Waals surface area contributed by atoms with Gasteiger partial charge < -0.3 is 14.9 Å². The quantitative estimate of drug-likeness (QED) is 0.816. The van der Waals surface area contributed by atoms with Crippen LogP contribution >= 0.6 is 11.6 Å². The van der Waals surface area contributed by atoms with Crippen LogP contribution in [0, 0.1) is 0 Å². The number of carbonyl (C=O) groups is 1. The summed E-state index contributed by atoms with van der Waals surface area (Å²) in [5.41, 5.74) is -1.71. The van der Waals surface area contributed by atoms with Crippen LogP contribution in [0.3, 0.4) is 0 Å². The number of rotatable bonds is 5. The van der Waals surface area contributed by atoms with E-state index in [0.717, 1.165) is 12.1 Å². The Bertz CT molecular complexity index is 505. The van der Waals surface area contributed by atoms with Crippen molar-refractivity contribution in [2.24, 2.45) is 0 Å². The number of hydrogen-bond acceptors (Lipinski definition) is 4. The third-order valence-electron chi connectivity index (χ3n) is 2.68. The number of aliphatic hydroxyl groups excluding tert-OH is 2. The largest absolute Gasteiger partial charge is 0.466 e. The Labute approximate surface area is 124 Å². The Balaban J connectivity index is 3.01. The van der Waals surface area contributed by atoms with Gasteiger partial charge in [0.2, 0.25) is 0 Å². The minimum absolute atomic E-state index is 0.0659. The third-order valence-corrected chi connectivity index (χ3v) is 2.92. The number of alkyl halides is 3. The van der Waals surface area contributed by atoms with Crippen LogP contribution in [0.15, 0.2) is 18.2 Å². The molecule has 2 unspecified atom stereocenters. The number of halogens is 4. The fourth-order valence-corrected chi connectivity index (χ4v) is 1.91. The number of ether oxygens (including phenoxy) is 1. The highest BCUT2D eigenvalue weighted by Crippen LogP contribution is 2.37. The molecule has 0 amide bonds. The molecule has 0 aromatic heterocycles. The maximum absolute atomic E-state index is 12.9. The van der Waals surface area contributed by atoms with E-state index in [4.69, 9.17) is 11.6 Å². The first-order valence-electron chi connectivity index (χ1n) is 6.05. The van der Waals surface area contributed by atoms with Crippen molar-refractivity contribution in [3.63, 3.8) is 0 Å². The van der Waals surface area contributed by atoms with Crippen molar-refractivity contribution in [1.29, 1.82) is 0 Å². The molecule has 1 aromatic carbocycles. The van der Waals surface area contributed by atoms with Gasteiger partial charge in [0.15, 0.2) is 0 Å². The van der Waals surface area contributed by atoms with Crippen molar-refractivity contribution in [1.82, 2.24) is 0 Å². The number of benzene rings is 1. The standard InChI is InChI=1S/C13H14ClF3O4/c1-2-21-11(19)6-10(18)12(20)8-4-3-7(14)5-9(8)13(15,16)17/h3-5,10,12,18,20H,2,6H2,1H3. The summed E-state index contributed by atoms with van der Waals surface area (Å²) >= 11 is 5.51. The third kappa shape index (κ3) is 4.87. The summed E-state index contributed by atoms with van der Waals surface area (Å²) < 4.78 is 43.2. The van der Waals surface area contributed by atoms with E-state index in [9.17, 15) is 28.2 Å². The van der Waals surface area contributed by atoms with Gasteiger partial charge in [-0.25, -0.2) is 0 Å². The van der Waals surface area contributed by atoms with E-state index in [1.807, 2.05) is 0 Å². The zero-order valence-electron chi connectivity index (χ0n) is 11.0. The van der Waals surface area contributed by atoms with E-state index in [1.54, 1.807) is 6.92 Å². The average molecular weight is 327 g/mol. The highest BCUT2D eigenvalue weighted by molar-refractivity contribution is 6.30. The maximum Gasteiger partial charge on any atom is 0.416 e. The summed E-state index contributed by atoms with van der Waals surface area (Å²) in [6.45, 7) is 1.61. The van der Waals surface area contributed by atoms with Crippen LogP contribution in [0.2, 0.25) is 5.02 Å². The first-order chi connectivity index (χ1) is 9.66. The monoisotopic (exact) mass is 326 g/mol. The van der Waals surface area contributed by atoms with Crippen molar-refractivity contribution >= 4 is 17.6 Å². The molecule has 8 heteroatoms. The fourth-order valence-electron chi connectivity index (χ4n) is 1.74. The van der Waals surface area contributed by atoms with Crippen LogP contribution < -0.4 is 0 Å². The van der Waals surface area contributed by atoms with Gasteiger partial charge in [0, 0.05) is 5.02 Å². The Hall–Kier alpha value is -1.31. The Kier molecular flexibility index (Phi) is 6.00. The molecule has 0 bridgehead atoms. The Morgan fingerprint density at radius 3 is 2.52 bits per heavy atom. The van der Waals surface area contributed by atoms with Gasteiger partial charge in [-0.05, 0) is 24.6 Å². The average Bonchev–Trinajstić information content (AvgIpc) is 2.37. The van der Waals surface area contributed by atoms with Gasteiger partial charge in [0.1, 0.15) is 6.10 Å². The predicted octanol–water partition coefficient (Wildman–Crippen LogP) is 2.71. The van der Waals surface area contributed by atoms with Crippen LogP contribution in [-0.4, -0.2) is 28.9 Å². The normalized spacial score (nSPS) is 14.6. The molecule has 0 aliphatic carbocycles. The second-order valence-corrected chi connectivity index (χ2v) is 4.69. The zero-order chi connectivity index (χ0) is 16.2. The lowest BCUT2D eigenvalue weighted by molar-refractivity contribution is -0.147. The van der Waals surface area contributed by atoms with Crippen LogP contribution in [-0.2, 0) is 15.7 Å². The molecular weight excluding hydrogens is 313 g/mol. The minimum atomic E-state index is -4.75. The summed E-state index contributed by atoms with van der Waals surface area (Å²) in [6, 6.07) is 2.77. The molecule has 0 spiro atoms. The second-order valence-electron chi connectivity index (χ2n) is 4.25. The van der Waals surface area contributed by atoms with E-state index < -0.39 is 41.9 Å². The van der Waals surface area contributed by atoms with Crippen molar-refractivity contribution in [3.8, 4) is 0 Å². The summed E-state index contributed by atoms with van der Waals surface area (Å²) in [5.74, 6) is -0.813. The van der Waals surface area contributed by atoms with Gasteiger partial charge in [-0.2, -0.15) is 13.2 Å². The van der Waals surface area contributed by atoms with E-state index in [2.05, 4.69) is 4.74 Å². The fraction of sp³-hybridized carbons (Fsp3) is 0.462. The molecule has 0 saturated carbocycles. The van der Waals surface area contributed by atoms with Crippen LogP contribution in [0.1, 0.15) is 30.6 Å². The van der Waals surface area contributed by atoms with E-state index >= 15 is 0 Å². The lowest BCUT2D eigenvalue weighted by Gasteiger charge is -2.21. The Morgan fingerprint density at radius 2 is 2.00 bits per heavy atom. The first kappa shape index (κ1) is 17.7. The molecular formula is C13H14ClF3O4. The molecule has 118 valence electrons. The molecule has 0 saturated heterocycles. The summed E-state index contributed by atoms with van der Waals surface area (Å²) in [4.78, 5) is 11.2. The molecule has 4 nitrogen and oxygen atoms in total. The van der Waals surface area contributed by atoms with Gasteiger partial charge in [0.05, 0.1) is 24.7 Å². The summed E-state index contributed by atoms with van der Waals surface area (Å²) in [6.07, 6.45) is -8.96. The predicted molar refractivity (Wildman–Crippen MR) is 68.7 cm³/mol. The zero-order valence-corrected chi connectivity index (χ0v) is 11.8. The molecule has 0 radical (unpaired) electrons. The number of esters is 1. The number of hydrogen-bond donors (Lipinski definition) is 2. The molecule has 0 aliphatic rings. The smallest absolute Gasteiger partial charge is 0.416 e. The molecule has 0 aliphatic heterocycles. The van der Waals surface area contributed by atoms with Gasteiger partial charge in [-0.3, -0.25) is 4.79 Å². The van der Waals surface area contributed by atoms with Crippen LogP contribution in [0.4, 0.5) is 13.2 Å². The lowest BCUT2D eigenvalue weighted by atomic mass is 9.97. The molecule has 2 atom stereocenters. The molecule has 21 heavy (non-hydrogen) atoms. The molecule has 2 N–H and O–H groups in total. The van der Waals surface area contributed by atoms with Gasteiger partial charge >= 0.3 is 12.1 Å². The summed E-state index contributed by atoms with van der Waals surface area (Å²) in [7, 11) is 0. The first-order valence-corrected chi connectivity index (χ1v) is 6.43. The van der Waals surface area contributed by atoms with Crippen molar-refractivity contribution in [2.45, 2.75) is 31.7 Å². The SMILES string of the molecule is CCOC(=O)CC(O)C(O)c1ccc(Cl)cc1C(F)(F)F. The van der Waals surface area contributed by atoms with Crippen LogP contribution in [0.25, 0.3) is 0 Å². The summed E-state index contributed by atoms with van der Waals surface area (Å²) in [5, 5.41) is 19.4. The maximum atomic E-state index is 12.9.